The van der Waals surface area contributed by atoms with Crippen LogP contribution in [-0.2, 0) is 4.79 Å². The molecule has 0 bridgehead atoms. The fourth-order valence-electron chi connectivity index (χ4n) is 2.06. The SMILES string of the molecule is CN/C(C)=C(/C(=O)Nc1ccccc1)c1cc(O)ccc1O. The van der Waals surface area contributed by atoms with E-state index < -0.39 is 0 Å². The van der Waals surface area contributed by atoms with Gasteiger partial charge in [0.15, 0.2) is 0 Å². The summed E-state index contributed by atoms with van der Waals surface area (Å²) in [6.07, 6.45) is 0. The Kier molecular flexibility index (Phi) is 4.68. The number of para-hydroxylation sites is 1. The lowest BCUT2D eigenvalue weighted by Gasteiger charge is -2.14. The monoisotopic (exact) mass is 298 g/mol. The van der Waals surface area contributed by atoms with E-state index in [0.29, 0.717) is 11.4 Å². The van der Waals surface area contributed by atoms with Crippen LogP contribution in [-0.4, -0.2) is 23.2 Å². The Morgan fingerprint density at radius 3 is 2.36 bits per heavy atom. The van der Waals surface area contributed by atoms with Crippen LogP contribution in [0, 0.1) is 0 Å². The first-order valence-corrected chi connectivity index (χ1v) is 6.80. The van der Waals surface area contributed by atoms with Crippen molar-refractivity contribution >= 4 is 17.2 Å². The summed E-state index contributed by atoms with van der Waals surface area (Å²) in [5, 5.41) is 25.3. The van der Waals surface area contributed by atoms with Crippen LogP contribution in [0.5, 0.6) is 11.5 Å². The fourth-order valence-corrected chi connectivity index (χ4v) is 2.06. The number of nitrogens with one attached hydrogen (secondary N) is 2. The zero-order valence-electron chi connectivity index (χ0n) is 12.4. The molecule has 0 saturated heterocycles. The van der Waals surface area contributed by atoms with Crippen LogP contribution >= 0.6 is 0 Å². The predicted octanol–water partition coefficient (Wildman–Crippen LogP) is 2.69. The molecule has 0 unspecified atom stereocenters. The van der Waals surface area contributed by atoms with Gasteiger partial charge in [0.05, 0.1) is 5.57 Å². The zero-order valence-corrected chi connectivity index (χ0v) is 12.4. The maximum Gasteiger partial charge on any atom is 0.258 e. The van der Waals surface area contributed by atoms with E-state index in [2.05, 4.69) is 10.6 Å². The molecule has 0 spiro atoms. The van der Waals surface area contributed by atoms with Gasteiger partial charge in [0.2, 0.25) is 0 Å². The molecule has 2 aromatic carbocycles. The van der Waals surface area contributed by atoms with Gasteiger partial charge in [-0.3, -0.25) is 4.79 Å². The van der Waals surface area contributed by atoms with E-state index in [1.807, 2.05) is 18.2 Å². The van der Waals surface area contributed by atoms with Crippen molar-refractivity contribution in [3.05, 3.63) is 59.8 Å². The molecule has 1 amide bonds. The maximum atomic E-state index is 12.6. The van der Waals surface area contributed by atoms with E-state index in [-0.39, 0.29) is 28.5 Å². The van der Waals surface area contributed by atoms with Crippen molar-refractivity contribution in [1.29, 1.82) is 0 Å². The highest BCUT2D eigenvalue weighted by molar-refractivity contribution is 6.26. The van der Waals surface area contributed by atoms with Gasteiger partial charge in [0, 0.05) is 24.0 Å². The third kappa shape index (κ3) is 3.38. The first-order chi connectivity index (χ1) is 10.5. The summed E-state index contributed by atoms with van der Waals surface area (Å²) in [5.74, 6) is -0.480. The molecule has 114 valence electrons. The number of carbonyl (C=O) groups is 1. The molecule has 0 aliphatic carbocycles. The molecule has 0 heterocycles. The number of hydrogen-bond acceptors (Lipinski definition) is 4. The minimum Gasteiger partial charge on any atom is -0.508 e. The van der Waals surface area contributed by atoms with E-state index in [0.717, 1.165) is 0 Å². The number of anilines is 1. The van der Waals surface area contributed by atoms with Crippen LogP contribution in [0.25, 0.3) is 5.57 Å². The van der Waals surface area contributed by atoms with Gasteiger partial charge < -0.3 is 20.8 Å². The van der Waals surface area contributed by atoms with Crippen LogP contribution in [0.3, 0.4) is 0 Å². The van der Waals surface area contributed by atoms with Crippen molar-refractivity contribution in [2.24, 2.45) is 0 Å². The van der Waals surface area contributed by atoms with Crippen molar-refractivity contribution in [2.75, 3.05) is 12.4 Å². The number of benzene rings is 2. The summed E-state index contributed by atoms with van der Waals surface area (Å²) in [6, 6.07) is 13.1. The lowest BCUT2D eigenvalue weighted by Crippen LogP contribution is -2.18. The molecule has 0 saturated carbocycles. The van der Waals surface area contributed by atoms with E-state index in [9.17, 15) is 15.0 Å². The highest BCUT2D eigenvalue weighted by atomic mass is 16.3. The highest BCUT2D eigenvalue weighted by Gasteiger charge is 2.19. The summed E-state index contributed by atoms with van der Waals surface area (Å²) in [5.41, 5.74) is 1.75. The van der Waals surface area contributed by atoms with Crippen LogP contribution in [0.4, 0.5) is 5.69 Å². The van der Waals surface area contributed by atoms with Crippen molar-refractivity contribution in [1.82, 2.24) is 5.32 Å². The Morgan fingerprint density at radius 1 is 1.05 bits per heavy atom. The van der Waals surface area contributed by atoms with E-state index in [1.54, 1.807) is 26.1 Å². The van der Waals surface area contributed by atoms with Gasteiger partial charge in [-0.2, -0.15) is 0 Å². The average Bonchev–Trinajstić information content (AvgIpc) is 2.51. The summed E-state index contributed by atoms with van der Waals surface area (Å²) in [7, 11) is 1.69. The van der Waals surface area contributed by atoms with Gasteiger partial charge in [-0.25, -0.2) is 0 Å². The highest BCUT2D eigenvalue weighted by Crippen LogP contribution is 2.31. The van der Waals surface area contributed by atoms with Crippen molar-refractivity contribution in [2.45, 2.75) is 6.92 Å². The second-order valence-corrected chi connectivity index (χ2v) is 4.77. The van der Waals surface area contributed by atoms with Gasteiger partial charge in [-0.15, -0.1) is 0 Å². The quantitative estimate of drug-likeness (QED) is 0.517. The first-order valence-electron chi connectivity index (χ1n) is 6.80. The molecule has 0 aliphatic heterocycles. The van der Waals surface area contributed by atoms with Gasteiger partial charge in [-0.1, -0.05) is 18.2 Å². The van der Waals surface area contributed by atoms with Crippen LogP contribution < -0.4 is 10.6 Å². The number of aromatic hydroxyl groups is 2. The van der Waals surface area contributed by atoms with Gasteiger partial charge >= 0.3 is 0 Å². The molecule has 0 atom stereocenters. The largest absolute Gasteiger partial charge is 0.508 e. The molecule has 4 N–H and O–H groups in total. The summed E-state index contributed by atoms with van der Waals surface area (Å²) in [6.45, 7) is 1.73. The van der Waals surface area contributed by atoms with E-state index >= 15 is 0 Å². The standard InChI is InChI=1S/C17H18N2O3/c1-11(18-2)16(14-10-13(20)8-9-15(14)21)17(22)19-12-6-4-3-5-7-12/h3-10,18,20-21H,1-2H3,(H,19,22)/b16-11+. The number of allylic oxidation sites excluding steroid dienone is 1. The summed E-state index contributed by atoms with van der Waals surface area (Å²) in [4.78, 5) is 12.6. The Morgan fingerprint density at radius 2 is 1.73 bits per heavy atom. The molecule has 22 heavy (non-hydrogen) atoms. The molecule has 2 rings (SSSR count). The third-order valence-corrected chi connectivity index (χ3v) is 3.26. The van der Waals surface area contributed by atoms with Gasteiger partial charge in [-0.05, 0) is 37.3 Å². The van der Waals surface area contributed by atoms with Crippen LogP contribution in [0.1, 0.15) is 12.5 Å². The average molecular weight is 298 g/mol. The van der Waals surface area contributed by atoms with Crippen LogP contribution in [0.15, 0.2) is 54.2 Å². The lowest BCUT2D eigenvalue weighted by atomic mass is 10.0. The lowest BCUT2D eigenvalue weighted by molar-refractivity contribution is -0.111. The molecule has 0 radical (unpaired) electrons. The molecule has 0 fully saturated rings. The van der Waals surface area contributed by atoms with Crippen molar-refractivity contribution in [3.8, 4) is 11.5 Å². The molecule has 2 aromatic rings. The zero-order chi connectivity index (χ0) is 16.1. The number of amides is 1. The van der Waals surface area contributed by atoms with Crippen LogP contribution in [0.2, 0.25) is 0 Å². The smallest absolute Gasteiger partial charge is 0.258 e. The molecular weight excluding hydrogens is 280 g/mol. The minimum absolute atomic E-state index is 0.0262. The Hall–Kier alpha value is -2.95. The number of phenols is 2. The topological polar surface area (TPSA) is 81.6 Å². The molecule has 5 heteroatoms. The number of rotatable bonds is 4. The van der Waals surface area contributed by atoms with Gasteiger partial charge in [0.1, 0.15) is 11.5 Å². The second-order valence-electron chi connectivity index (χ2n) is 4.77. The number of hydrogen-bond donors (Lipinski definition) is 4. The molecular formula is C17H18N2O3. The van der Waals surface area contributed by atoms with Crippen molar-refractivity contribution in [3.63, 3.8) is 0 Å². The summed E-state index contributed by atoms with van der Waals surface area (Å²) < 4.78 is 0. The normalized spacial score (nSPS) is 11.5. The Balaban J connectivity index is 2.44. The second kappa shape index (κ2) is 6.67. The van der Waals surface area contributed by atoms with E-state index in [1.165, 1.54) is 18.2 Å². The molecule has 0 aromatic heterocycles. The Labute approximate surface area is 128 Å². The fraction of sp³-hybridized carbons (Fsp3) is 0.118. The molecule has 0 aliphatic rings. The molecule has 5 nitrogen and oxygen atoms in total. The minimum atomic E-state index is -0.376. The third-order valence-electron chi connectivity index (χ3n) is 3.26. The summed E-state index contributed by atoms with van der Waals surface area (Å²) >= 11 is 0. The maximum absolute atomic E-state index is 12.6. The first kappa shape index (κ1) is 15.4. The van der Waals surface area contributed by atoms with Crippen molar-refractivity contribution < 1.29 is 15.0 Å². The van der Waals surface area contributed by atoms with Gasteiger partial charge in [0.25, 0.3) is 5.91 Å². The number of phenolic OH excluding ortho intramolecular Hbond substituents is 2. The number of carbonyl (C=O) groups excluding carboxylic acids is 1. The van der Waals surface area contributed by atoms with E-state index in [4.69, 9.17) is 0 Å². The Bertz CT molecular complexity index is 709. The predicted molar refractivity (Wildman–Crippen MR) is 86.5 cm³/mol.